The second kappa shape index (κ2) is 7.32. The van der Waals surface area contributed by atoms with Crippen molar-refractivity contribution in [2.45, 2.75) is 45.3 Å². The third kappa shape index (κ3) is 3.48. The van der Waals surface area contributed by atoms with Crippen molar-refractivity contribution in [3.05, 3.63) is 53.2 Å². The fourth-order valence-electron chi connectivity index (χ4n) is 3.55. The van der Waals surface area contributed by atoms with E-state index >= 15 is 0 Å². The minimum Gasteiger partial charge on any atom is -0.476 e. The SMILES string of the molecule is CCn1nc(C(=O)O)c2c1CC[C@H](NCc1nnc(-c3ccccc3)o1)C2. The van der Waals surface area contributed by atoms with Gasteiger partial charge in [0.25, 0.3) is 0 Å². The molecule has 0 aliphatic heterocycles. The second-order valence-corrected chi connectivity index (χ2v) is 6.58. The van der Waals surface area contributed by atoms with Crippen LogP contribution < -0.4 is 5.32 Å². The Morgan fingerprint density at radius 2 is 2.15 bits per heavy atom. The molecule has 0 unspecified atom stereocenters. The first kappa shape index (κ1) is 17.4. The number of aromatic carboxylic acids is 1. The summed E-state index contributed by atoms with van der Waals surface area (Å²) in [5.41, 5.74) is 2.93. The van der Waals surface area contributed by atoms with Gasteiger partial charge in [-0.2, -0.15) is 5.10 Å². The van der Waals surface area contributed by atoms with Gasteiger partial charge in [-0.05, 0) is 38.3 Å². The van der Waals surface area contributed by atoms with Gasteiger partial charge in [0, 0.05) is 29.4 Å². The predicted octanol–water partition coefficient (Wildman–Crippen LogP) is 2.30. The van der Waals surface area contributed by atoms with Gasteiger partial charge in [-0.3, -0.25) is 4.68 Å². The molecule has 0 fully saturated rings. The van der Waals surface area contributed by atoms with Crippen molar-refractivity contribution in [1.82, 2.24) is 25.3 Å². The molecule has 2 N–H and O–H groups in total. The summed E-state index contributed by atoms with van der Waals surface area (Å²) in [6, 6.07) is 9.78. The van der Waals surface area contributed by atoms with Gasteiger partial charge >= 0.3 is 5.97 Å². The molecule has 27 heavy (non-hydrogen) atoms. The van der Waals surface area contributed by atoms with E-state index in [1.54, 1.807) is 4.68 Å². The summed E-state index contributed by atoms with van der Waals surface area (Å²) >= 11 is 0. The van der Waals surface area contributed by atoms with Crippen LogP contribution >= 0.6 is 0 Å². The first-order chi connectivity index (χ1) is 13.2. The van der Waals surface area contributed by atoms with Gasteiger partial charge in [0.2, 0.25) is 11.8 Å². The Morgan fingerprint density at radius 3 is 2.89 bits per heavy atom. The van der Waals surface area contributed by atoms with E-state index in [0.717, 1.165) is 29.7 Å². The highest BCUT2D eigenvalue weighted by Crippen LogP contribution is 2.25. The maximum absolute atomic E-state index is 11.5. The molecule has 2 heterocycles. The van der Waals surface area contributed by atoms with Crippen molar-refractivity contribution in [1.29, 1.82) is 0 Å². The highest BCUT2D eigenvalue weighted by Gasteiger charge is 2.28. The Hall–Kier alpha value is -3.00. The van der Waals surface area contributed by atoms with Crippen LogP contribution in [0.5, 0.6) is 0 Å². The number of nitrogens with zero attached hydrogens (tertiary/aromatic N) is 4. The summed E-state index contributed by atoms with van der Waals surface area (Å²) in [7, 11) is 0. The minimum absolute atomic E-state index is 0.150. The number of fused-ring (bicyclic) bond motifs is 1. The number of carbonyl (C=O) groups is 1. The molecule has 2 aromatic heterocycles. The van der Waals surface area contributed by atoms with Gasteiger partial charge in [0.15, 0.2) is 5.69 Å². The van der Waals surface area contributed by atoms with E-state index in [-0.39, 0.29) is 11.7 Å². The van der Waals surface area contributed by atoms with E-state index in [2.05, 4.69) is 20.6 Å². The Kier molecular flexibility index (Phi) is 4.72. The first-order valence-electron chi connectivity index (χ1n) is 9.08. The number of hydrogen-bond donors (Lipinski definition) is 2. The van der Waals surface area contributed by atoms with E-state index in [1.807, 2.05) is 37.3 Å². The van der Waals surface area contributed by atoms with Crippen LogP contribution in [0.15, 0.2) is 34.7 Å². The van der Waals surface area contributed by atoms with Crippen LogP contribution in [0, 0.1) is 0 Å². The van der Waals surface area contributed by atoms with Crippen LogP contribution in [0.2, 0.25) is 0 Å². The smallest absolute Gasteiger partial charge is 0.356 e. The van der Waals surface area contributed by atoms with Gasteiger partial charge < -0.3 is 14.8 Å². The van der Waals surface area contributed by atoms with E-state index in [1.165, 1.54) is 0 Å². The van der Waals surface area contributed by atoms with Crippen LogP contribution in [0.1, 0.15) is 41.0 Å². The largest absolute Gasteiger partial charge is 0.476 e. The lowest BCUT2D eigenvalue weighted by Gasteiger charge is -2.23. The molecule has 140 valence electrons. The molecule has 0 radical (unpaired) electrons. The number of hydrogen-bond acceptors (Lipinski definition) is 6. The normalized spacial score (nSPS) is 16.3. The predicted molar refractivity (Wildman–Crippen MR) is 97.2 cm³/mol. The highest BCUT2D eigenvalue weighted by atomic mass is 16.4. The van der Waals surface area contributed by atoms with Gasteiger partial charge in [-0.15, -0.1) is 10.2 Å². The van der Waals surface area contributed by atoms with E-state index in [4.69, 9.17) is 4.42 Å². The van der Waals surface area contributed by atoms with Gasteiger partial charge in [0.1, 0.15) is 0 Å². The average molecular weight is 367 g/mol. The third-order valence-electron chi connectivity index (χ3n) is 4.88. The molecular weight excluding hydrogens is 346 g/mol. The molecule has 4 rings (SSSR count). The third-order valence-corrected chi connectivity index (χ3v) is 4.88. The maximum Gasteiger partial charge on any atom is 0.356 e. The van der Waals surface area contributed by atoms with Gasteiger partial charge in [-0.1, -0.05) is 18.2 Å². The summed E-state index contributed by atoms with van der Waals surface area (Å²) in [6.07, 6.45) is 2.36. The Balaban J connectivity index is 1.43. The molecule has 8 heteroatoms. The fraction of sp³-hybridized carbons (Fsp3) is 0.368. The van der Waals surface area contributed by atoms with E-state index in [0.29, 0.717) is 31.3 Å². The number of aromatic nitrogens is 4. The maximum atomic E-state index is 11.5. The number of benzene rings is 1. The quantitative estimate of drug-likeness (QED) is 0.688. The zero-order valence-electron chi connectivity index (χ0n) is 15.1. The molecule has 0 spiro atoms. The topological polar surface area (TPSA) is 106 Å². The van der Waals surface area contributed by atoms with Crippen molar-refractivity contribution in [2.75, 3.05) is 0 Å². The van der Waals surface area contributed by atoms with E-state index < -0.39 is 5.97 Å². The number of rotatable bonds is 6. The van der Waals surface area contributed by atoms with Crippen molar-refractivity contribution in [2.24, 2.45) is 0 Å². The lowest BCUT2D eigenvalue weighted by Crippen LogP contribution is -2.34. The number of carboxylic acid groups (broad SMARTS) is 1. The number of nitrogens with one attached hydrogen (secondary N) is 1. The summed E-state index contributed by atoms with van der Waals surface area (Å²) in [5.74, 6) is 0.0431. The average Bonchev–Trinajstić information content (AvgIpc) is 3.31. The molecule has 1 aliphatic rings. The zero-order valence-corrected chi connectivity index (χ0v) is 15.1. The highest BCUT2D eigenvalue weighted by molar-refractivity contribution is 5.87. The molecule has 0 bridgehead atoms. The molecule has 1 aromatic carbocycles. The van der Waals surface area contributed by atoms with Crippen molar-refractivity contribution >= 4 is 5.97 Å². The van der Waals surface area contributed by atoms with Crippen LogP contribution in [0.3, 0.4) is 0 Å². The Labute approximate surface area is 156 Å². The van der Waals surface area contributed by atoms with Crippen molar-refractivity contribution in [3.63, 3.8) is 0 Å². The second-order valence-electron chi connectivity index (χ2n) is 6.58. The molecular formula is C19H21N5O3. The Bertz CT molecular complexity index is 948. The lowest BCUT2D eigenvalue weighted by molar-refractivity contribution is 0.0688. The summed E-state index contributed by atoms with van der Waals surface area (Å²) in [5, 5.41) is 25.3. The zero-order chi connectivity index (χ0) is 18.8. The van der Waals surface area contributed by atoms with E-state index in [9.17, 15) is 9.90 Å². The van der Waals surface area contributed by atoms with Crippen molar-refractivity contribution in [3.8, 4) is 11.5 Å². The lowest BCUT2D eigenvalue weighted by atomic mass is 9.91. The molecule has 0 saturated carbocycles. The molecule has 3 aromatic rings. The monoisotopic (exact) mass is 367 g/mol. The molecule has 0 amide bonds. The van der Waals surface area contributed by atoms with Gasteiger partial charge in [-0.25, -0.2) is 4.79 Å². The van der Waals surface area contributed by atoms with Crippen LogP contribution in [0.4, 0.5) is 0 Å². The summed E-state index contributed by atoms with van der Waals surface area (Å²) in [4.78, 5) is 11.5. The van der Waals surface area contributed by atoms with Crippen LogP contribution in [0.25, 0.3) is 11.5 Å². The number of aryl methyl sites for hydroxylation is 1. The molecule has 0 saturated heterocycles. The molecule has 1 aliphatic carbocycles. The summed E-state index contributed by atoms with van der Waals surface area (Å²) in [6.45, 7) is 3.10. The van der Waals surface area contributed by atoms with Crippen LogP contribution in [-0.2, 0) is 25.9 Å². The molecule has 1 atom stereocenters. The fourth-order valence-corrected chi connectivity index (χ4v) is 3.55. The standard InChI is InChI=1S/C19H21N5O3/c1-2-24-15-9-8-13(10-14(15)17(23-24)19(25)26)20-11-16-21-22-18(27-16)12-6-4-3-5-7-12/h3-7,13,20H,2,8-11H2,1H3,(H,25,26)/t13-/m0/s1. The van der Waals surface area contributed by atoms with Crippen LogP contribution in [-0.4, -0.2) is 37.1 Å². The Morgan fingerprint density at radius 1 is 1.33 bits per heavy atom. The van der Waals surface area contributed by atoms with Crippen molar-refractivity contribution < 1.29 is 14.3 Å². The summed E-state index contributed by atoms with van der Waals surface area (Å²) < 4.78 is 7.52. The number of carboxylic acids is 1. The first-order valence-corrected chi connectivity index (χ1v) is 9.08. The molecule has 8 nitrogen and oxygen atoms in total. The minimum atomic E-state index is -0.969. The van der Waals surface area contributed by atoms with Gasteiger partial charge in [0.05, 0.1) is 6.54 Å².